The van der Waals surface area contributed by atoms with Crippen LogP contribution in [-0.4, -0.2) is 23.3 Å². The topological polar surface area (TPSA) is 42.4 Å². The molecule has 0 aliphatic heterocycles. The lowest BCUT2D eigenvalue weighted by molar-refractivity contribution is 0.249. The molecule has 0 amide bonds. The summed E-state index contributed by atoms with van der Waals surface area (Å²) in [5.41, 5.74) is 0.957. The fraction of sp³-hybridized carbons (Fsp3) is 0.308. The van der Waals surface area contributed by atoms with Gasteiger partial charge in [0.2, 0.25) is 5.88 Å². The van der Waals surface area contributed by atoms with Crippen LogP contribution in [0.25, 0.3) is 10.4 Å². The molecule has 0 atom stereocenters. The van der Waals surface area contributed by atoms with Crippen molar-refractivity contribution in [2.24, 2.45) is 0 Å². The second-order valence-corrected chi connectivity index (χ2v) is 5.08. The smallest absolute Gasteiger partial charge is 0.223 e. The van der Waals surface area contributed by atoms with E-state index in [1.807, 2.05) is 23.6 Å². The van der Waals surface area contributed by atoms with E-state index in [1.165, 1.54) is 0 Å². The summed E-state index contributed by atoms with van der Waals surface area (Å²) in [5.74, 6) is 0.558. The van der Waals surface area contributed by atoms with E-state index in [0.29, 0.717) is 17.6 Å². The molecule has 2 heterocycles. The third-order valence-corrected chi connectivity index (χ3v) is 3.52. The summed E-state index contributed by atoms with van der Waals surface area (Å²) in [5, 5.41) is 11.2. The number of aromatic nitrogens is 1. The van der Waals surface area contributed by atoms with Crippen molar-refractivity contribution in [2.75, 3.05) is 13.2 Å². The Morgan fingerprint density at radius 3 is 2.89 bits per heavy atom. The first-order valence-electron chi connectivity index (χ1n) is 5.75. The molecule has 0 saturated carbocycles. The summed E-state index contributed by atoms with van der Waals surface area (Å²) in [7, 11) is 0. The molecule has 18 heavy (non-hydrogen) atoms. The van der Waals surface area contributed by atoms with Gasteiger partial charge >= 0.3 is 0 Å². The number of aliphatic hydroxyl groups is 1. The van der Waals surface area contributed by atoms with Crippen molar-refractivity contribution in [1.82, 2.24) is 4.98 Å². The molecule has 3 nitrogen and oxygen atoms in total. The number of nitrogens with zero attached hydrogens (tertiary/aromatic N) is 1. The Kier molecular flexibility index (Phi) is 4.99. The number of unbranched alkanes of at least 4 members (excludes halogenated alkanes) is 1. The molecule has 0 radical (unpaired) electrons. The highest BCUT2D eigenvalue weighted by Gasteiger charge is 2.09. The third-order valence-electron chi connectivity index (χ3n) is 2.40. The Hall–Kier alpha value is -1.10. The molecule has 2 rings (SSSR count). The van der Waals surface area contributed by atoms with Gasteiger partial charge in [0, 0.05) is 11.5 Å². The number of halogens is 1. The van der Waals surface area contributed by atoms with Crippen LogP contribution in [0.3, 0.4) is 0 Å². The molecule has 2 aromatic heterocycles. The second kappa shape index (κ2) is 6.73. The summed E-state index contributed by atoms with van der Waals surface area (Å²) in [6.07, 6.45) is 1.53. The lowest BCUT2D eigenvalue weighted by Crippen LogP contribution is -2.01. The fourth-order valence-electron chi connectivity index (χ4n) is 1.53. The van der Waals surface area contributed by atoms with Gasteiger partial charge in [0.15, 0.2) is 0 Å². The molecule has 0 aromatic carbocycles. The zero-order chi connectivity index (χ0) is 12.8. The van der Waals surface area contributed by atoms with Crippen molar-refractivity contribution < 1.29 is 9.84 Å². The van der Waals surface area contributed by atoms with Crippen LogP contribution in [0.2, 0.25) is 5.15 Å². The number of ether oxygens (including phenoxy) is 1. The van der Waals surface area contributed by atoms with Crippen molar-refractivity contribution in [3.05, 3.63) is 34.8 Å². The molecule has 2 aromatic rings. The Balaban J connectivity index is 2.14. The van der Waals surface area contributed by atoms with Crippen LogP contribution in [0.4, 0.5) is 0 Å². The van der Waals surface area contributed by atoms with Crippen molar-refractivity contribution >= 4 is 22.9 Å². The minimum absolute atomic E-state index is 0.185. The lowest BCUT2D eigenvalue weighted by Gasteiger charge is -2.09. The molecule has 0 spiro atoms. The summed E-state index contributed by atoms with van der Waals surface area (Å²) < 4.78 is 5.64. The van der Waals surface area contributed by atoms with Gasteiger partial charge in [-0.25, -0.2) is 4.98 Å². The minimum atomic E-state index is 0.185. The van der Waals surface area contributed by atoms with Crippen LogP contribution in [0.5, 0.6) is 5.88 Å². The molecule has 0 aliphatic rings. The van der Waals surface area contributed by atoms with Crippen molar-refractivity contribution in [1.29, 1.82) is 0 Å². The van der Waals surface area contributed by atoms with Crippen LogP contribution >= 0.6 is 22.9 Å². The van der Waals surface area contributed by atoms with Crippen LogP contribution in [-0.2, 0) is 0 Å². The SMILES string of the molecule is OCCCCOc1nc(Cl)ccc1-c1cccs1. The summed E-state index contributed by atoms with van der Waals surface area (Å²) >= 11 is 7.53. The number of hydrogen-bond donors (Lipinski definition) is 1. The number of thiophene rings is 1. The van der Waals surface area contributed by atoms with E-state index < -0.39 is 0 Å². The standard InChI is InChI=1S/C13H14ClNO2S/c14-12-6-5-10(11-4-3-9-18-11)13(15-12)17-8-2-1-7-16/h3-6,9,16H,1-2,7-8H2. The van der Waals surface area contributed by atoms with Crippen LogP contribution < -0.4 is 4.74 Å². The average Bonchev–Trinajstić information content (AvgIpc) is 2.88. The molecule has 96 valence electrons. The van der Waals surface area contributed by atoms with Crippen molar-refractivity contribution in [2.45, 2.75) is 12.8 Å². The minimum Gasteiger partial charge on any atom is -0.477 e. The van der Waals surface area contributed by atoms with E-state index in [9.17, 15) is 0 Å². The van der Waals surface area contributed by atoms with Gasteiger partial charge < -0.3 is 9.84 Å². The maximum atomic E-state index is 8.72. The Labute approximate surface area is 115 Å². The molecule has 0 saturated heterocycles. The third kappa shape index (κ3) is 3.45. The molecule has 5 heteroatoms. The quantitative estimate of drug-likeness (QED) is 0.650. The lowest BCUT2D eigenvalue weighted by atomic mass is 10.2. The molecular weight excluding hydrogens is 270 g/mol. The molecular formula is C13H14ClNO2S. The first-order valence-corrected chi connectivity index (χ1v) is 7.01. The summed E-state index contributed by atoms with van der Waals surface area (Å²) in [4.78, 5) is 5.32. The second-order valence-electron chi connectivity index (χ2n) is 3.74. The maximum absolute atomic E-state index is 8.72. The highest BCUT2D eigenvalue weighted by Crippen LogP contribution is 2.32. The van der Waals surface area contributed by atoms with Crippen LogP contribution in [0.1, 0.15) is 12.8 Å². The van der Waals surface area contributed by atoms with E-state index >= 15 is 0 Å². The van der Waals surface area contributed by atoms with Crippen molar-refractivity contribution in [3.63, 3.8) is 0 Å². The van der Waals surface area contributed by atoms with E-state index in [2.05, 4.69) is 4.98 Å². The Bertz CT molecular complexity index is 488. The predicted molar refractivity (Wildman–Crippen MR) is 74.4 cm³/mol. The number of pyridine rings is 1. The van der Waals surface area contributed by atoms with E-state index in [4.69, 9.17) is 21.4 Å². The van der Waals surface area contributed by atoms with Gasteiger partial charge in [-0.05, 0) is 36.4 Å². The molecule has 0 fully saturated rings. The van der Waals surface area contributed by atoms with Gasteiger partial charge in [-0.15, -0.1) is 11.3 Å². The van der Waals surface area contributed by atoms with Gasteiger partial charge in [0.1, 0.15) is 5.15 Å². The fourth-order valence-corrected chi connectivity index (χ4v) is 2.41. The van der Waals surface area contributed by atoms with Gasteiger partial charge in [0.05, 0.1) is 12.2 Å². The van der Waals surface area contributed by atoms with E-state index in [-0.39, 0.29) is 6.61 Å². The van der Waals surface area contributed by atoms with Crippen LogP contribution in [0.15, 0.2) is 29.6 Å². The molecule has 0 unspecified atom stereocenters. The van der Waals surface area contributed by atoms with Crippen molar-refractivity contribution in [3.8, 4) is 16.3 Å². The highest BCUT2D eigenvalue weighted by atomic mass is 35.5. The normalized spacial score (nSPS) is 10.6. The van der Waals surface area contributed by atoms with Gasteiger partial charge in [0.25, 0.3) is 0 Å². The maximum Gasteiger partial charge on any atom is 0.223 e. The Morgan fingerprint density at radius 1 is 1.28 bits per heavy atom. The van der Waals surface area contributed by atoms with Gasteiger partial charge in [-0.1, -0.05) is 17.7 Å². The Morgan fingerprint density at radius 2 is 2.17 bits per heavy atom. The number of hydrogen-bond acceptors (Lipinski definition) is 4. The summed E-state index contributed by atoms with van der Waals surface area (Å²) in [6, 6.07) is 7.69. The monoisotopic (exact) mass is 283 g/mol. The first kappa shape index (κ1) is 13.3. The molecule has 1 N–H and O–H groups in total. The van der Waals surface area contributed by atoms with Gasteiger partial charge in [-0.3, -0.25) is 0 Å². The van der Waals surface area contributed by atoms with Crippen LogP contribution in [0, 0.1) is 0 Å². The zero-order valence-corrected chi connectivity index (χ0v) is 11.4. The summed E-state index contributed by atoms with van der Waals surface area (Å²) in [6.45, 7) is 0.719. The van der Waals surface area contributed by atoms with E-state index in [0.717, 1.165) is 23.3 Å². The number of rotatable bonds is 6. The average molecular weight is 284 g/mol. The first-order chi connectivity index (χ1) is 8.81. The van der Waals surface area contributed by atoms with E-state index in [1.54, 1.807) is 17.4 Å². The number of aliphatic hydroxyl groups excluding tert-OH is 1. The molecule has 0 aliphatic carbocycles. The largest absolute Gasteiger partial charge is 0.477 e. The molecule has 0 bridgehead atoms. The predicted octanol–water partition coefficient (Wildman–Crippen LogP) is 3.61. The zero-order valence-electron chi connectivity index (χ0n) is 9.80. The van der Waals surface area contributed by atoms with Gasteiger partial charge in [-0.2, -0.15) is 0 Å². The highest BCUT2D eigenvalue weighted by molar-refractivity contribution is 7.13.